The normalized spacial score (nSPS) is 15.4. The summed E-state index contributed by atoms with van der Waals surface area (Å²) in [6.07, 6.45) is 3.20. The Hall–Kier alpha value is -3.95. The number of carbonyl (C=O) groups excluding carboxylic acids is 3. The van der Waals surface area contributed by atoms with E-state index in [2.05, 4.69) is 10.6 Å². The number of carbonyl (C=O) groups is 3. The lowest BCUT2D eigenvalue weighted by molar-refractivity contribution is -0.384. The first-order valence-electron chi connectivity index (χ1n) is 10.3. The number of benzene rings is 2. The van der Waals surface area contributed by atoms with Crippen LogP contribution in [0.2, 0.25) is 0 Å². The molecule has 1 aliphatic heterocycles. The Kier molecular flexibility index (Phi) is 6.02. The van der Waals surface area contributed by atoms with E-state index >= 15 is 0 Å². The maximum Gasteiger partial charge on any atom is 0.338 e. The van der Waals surface area contributed by atoms with Crippen molar-refractivity contribution in [2.45, 2.75) is 31.7 Å². The second-order valence-corrected chi connectivity index (χ2v) is 7.73. The van der Waals surface area contributed by atoms with Crippen LogP contribution >= 0.6 is 0 Å². The second kappa shape index (κ2) is 9.04. The molecule has 32 heavy (non-hydrogen) atoms. The predicted octanol–water partition coefficient (Wildman–Crippen LogP) is 3.09. The number of ether oxygens (including phenoxy) is 1. The van der Waals surface area contributed by atoms with E-state index < -0.39 is 23.4 Å². The first-order valence-corrected chi connectivity index (χ1v) is 10.3. The van der Waals surface area contributed by atoms with Crippen molar-refractivity contribution in [1.29, 1.82) is 0 Å². The predicted molar refractivity (Wildman–Crippen MR) is 117 cm³/mol. The van der Waals surface area contributed by atoms with E-state index in [0.29, 0.717) is 30.0 Å². The monoisotopic (exact) mass is 438 g/mol. The number of esters is 1. The standard InChI is InChI=1S/C22H22N4O6/c27-20(24-16-3-1-4-17(12-16)25-10-2-5-21(25)28)13-32-22(29)14-6-9-18(23-15-7-8-15)19(11-14)26(30)31/h1,3-4,6,9,11-12,15,23H,2,5,7-8,10,13H2,(H,24,27). The lowest BCUT2D eigenvalue weighted by Gasteiger charge is -2.16. The number of nitro benzene ring substituents is 1. The zero-order valence-electron chi connectivity index (χ0n) is 17.2. The smallest absolute Gasteiger partial charge is 0.338 e. The summed E-state index contributed by atoms with van der Waals surface area (Å²) in [5.41, 5.74) is 1.27. The minimum Gasteiger partial charge on any atom is -0.452 e. The maximum absolute atomic E-state index is 12.3. The number of amides is 2. The van der Waals surface area contributed by atoms with Crippen LogP contribution in [0.4, 0.5) is 22.7 Å². The highest BCUT2D eigenvalue weighted by Crippen LogP contribution is 2.31. The summed E-state index contributed by atoms with van der Waals surface area (Å²) in [7, 11) is 0. The van der Waals surface area contributed by atoms with Crippen LogP contribution in [0.15, 0.2) is 42.5 Å². The van der Waals surface area contributed by atoms with Crippen LogP contribution in [0, 0.1) is 10.1 Å². The molecule has 166 valence electrons. The van der Waals surface area contributed by atoms with Crippen LogP contribution < -0.4 is 15.5 Å². The molecular formula is C22H22N4O6. The number of nitro groups is 1. The minimum atomic E-state index is -0.836. The summed E-state index contributed by atoms with van der Waals surface area (Å²) in [6.45, 7) is 0.0799. The first-order chi connectivity index (χ1) is 15.4. The van der Waals surface area contributed by atoms with E-state index in [-0.39, 0.29) is 23.2 Å². The highest BCUT2D eigenvalue weighted by atomic mass is 16.6. The molecule has 2 aromatic carbocycles. The first kappa shape index (κ1) is 21.3. The van der Waals surface area contributed by atoms with Crippen molar-refractivity contribution in [2.75, 3.05) is 28.7 Å². The molecule has 0 spiro atoms. The molecule has 0 unspecified atom stereocenters. The maximum atomic E-state index is 12.3. The van der Waals surface area contributed by atoms with Crippen molar-refractivity contribution in [3.8, 4) is 0 Å². The number of nitrogens with zero attached hydrogens (tertiary/aromatic N) is 2. The van der Waals surface area contributed by atoms with Gasteiger partial charge in [0.2, 0.25) is 5.91 Å². The third kappa shape index (κ3) is 5.02. The lowest BCUT2D eigenvalue weighted by atomic mass is 10.1. The number of anilines is 3. The van der Waals surface area contributed by atoms with Crippen molar-refractivity contribution >= 4 is 40.5 Å². The van der Waals surface area contributed by atoms with Gasteiger partial charge in [-0.15, -0.1) is 0 Å². The molecule has 1 saturated carbocycles. The van der Waals surface area contributed by atoms with Crippen LogP contribution in [0.5, 0.6) is 0 Å². The van der Waals surface area contributed by atoms with Crippen LogP contribution in [0.3, 0.4) is 0 Å². The SMILES string of the molecule is O=C(COC(=O)c1ccc(NC2CC2)c([N+](=O)[O-])c1)Nc1cccc(N2CCCC2=O)c1. The molecule has 4 rings (SSSR count). The molecule has 0 bridgehead atoms. The Balaban J connectivity index is 1.35. The van der Waals surface area contributed by atoms with E-state index in [1.54, 1.807) is 29.2 Å². The fraction of sp³-hybridized carbons (Fsp3) is 0.318. The largest absolute Gasteiger partial charge is 0.452 e. The molecular weight excluding hydrogens is 416 g/mol. The fourth-order valence-corrected chi connectivity index (χ4v) is 3.46. The van der Waals surface area contributed by atoms with Crippen molar-refractivity contribution in [3.05, 3.63) is 58.1 Å². The quantitative estimate of drug-likeness (QED) is 0.368. The Bertz CT molecular complexity index is 1080. The van der Waals surface area contributed by atoms with Crippen molar-refractivity contribution in [2.24, 2.45) is 0 Å². The van der Waals surface area contributed by atoms with Crippen molar-refractivity contribution < 1.29 is 24.0 Å². The molecule has 10 nitrogen and oxygen atoms in total. The number of hydrogen-bond donors (Lipinski definition) is 2. The van der Waals surface area contributed by atoms with E-state index in [1.807, 2.05) is 0 Å². The number of rotatable bonds is 8. The molecule has 1 aliphatic carbocycles. The van der Waals surface area contributed by atoms with Gasteiger partial charge in [0.1, 0.15) is 5.69 Å². The van der Waals surface area contributed by atoms with Crippen LogP contribution in [-0.2, 0) is 14.3 Å². The molecule has 0 aromatic heterocycles. The van der Waals surface area contributed by atoms with Gasteiger partial charge < -0.3 is 20.3 Å². The van der Waals surface area contributed by atoms with Crippen LogP contribution in [-0.4, -0.2) is 41.9 Å². The topological polar surface area (TPSA) is 131 Å². The molecule has 2 amide bonds. The Labute approximate surface area is 183 Å². The summed E-state index contributed by atoms with van der Waals surface area (Å²) >= 11 is 0. The van der Waals surface area contributed by atoms with Gasteiger partial charge in [-0.05, 0) is 49.6 Å². The summed E-state index contributed by atoms with van der Waals surface area (Å²) < 4.78 is 5.02. The molecule has 2 fully saturated rings. The number of hydrogen-bond acceptors (Lipinski definition) is 7. The number of nitrogens with one attached hydrogen (secondary N) is 2. The van der Waals surface area contributed by atoms with Gasteiger partial charge in [0.15, 0.2) is 6.61 Å². The van der Waals surface area contributed by atoms with Gasteiger partial charge in [0, 0.05) is 36.4 Å². The average Bonchev–Trinajstić information content (AvgIpc) is 3.49. The minimum absolute atomic E-state index is 0.0135. The highest BCUT2D eigenvalue weighted by molar-refractivity contribution is 5.98. The summed E-state index contributed by atoms with van der Waals surface area (Å²) in [5.74, 6) is -1.36. The lowest BCUT2D eigenvalue weighted by Crippen LogP contribution is -2.24. The Morgan fingerprint density at radius 2 is 2.00 bits per heavy atom. The Morgan fingerprint density at radius 3 is 2.69 bits per heavy atom. The van der Waals surface area contributed by atoms with E-state index in [9.17, 15) is 24.5 Å². The van der Waals surface area contributed by atoms with Gasteiger partial charge in [-0.2, -0.15) is 0 Å². The fourth-order valence-electron chi connectivity index (χ4n) is 3.46. The van der Waals surface area contributed by atoms with Gasteiger partial charge in [-0.3, -0.25) is 19.7 Å². The molecule has 0 atom stereocenters. The van der Waals surface area contributed by atoms with Gasteiger partial charge in [-0.1, -0.05) is 6.07 Å². The van der Waals surface area contributed by atoms with Gasteiger partial charge in [-0.25, -0.2) is 4.79 Å². The third-order valence-electron chi connectivity index (χ3n) is 5.22. The van der Waals surface area contributed by atoms with E-state index in [1.165, 1.54) is 12.1 Å². The zero-order valence-corrected chi connectivity index (χ0v) is 17.2. The average molecular weight is 438 g/mol. The summed E-state index contributed by atoms with van der Waals surface area (Å²) in [6, 6.07) is 11.1. The summed E-state index contributed by atoms with van der Waals surface area (Å²) in [4.78, 5) is 48.8. The molecule has 10 heteroatoms. The molecule has 1 saturated heterocycles. The van der Waals surface area contributed by atoms with Crippen LogP contribution in [0.1, 0.15) is 36.0 Å². The molecule has 2 N–H and O–H groups in total. The molecule has 0 radical (unpaired) electrons. The van der Waals surface area contributed by atoms with Crippen molar-refractivity contribution in [3.63, 3.8) is 0 Å². The van der Waals surface area contributed by atoms with Gasteiger partial charge in [0.05, 0.1) is 10.5 Å². The third-order valence-corrected chi connectivity index (χ3v) is 5.22. The molecule has 2 aromatic rings. The van der Waals surface area contributed by atoms with Gasteiger partial charge in [0.25, 0.3) is 11.6 Å². The van der Waals surface area contributed by atoms with E-state index in [0.717, 1.165) is 25.3 Å². The van der Waals surface area contributed by atoms with Crippen molar-refractivity contribution in [1.82, 2.24) is 0 Å². The van der Waals surface area contributed by atoms with Gasteiger partial charge >= 0.3 is 5.97 Å². The second-order valence-electron chi connectivity index (χ2n) is 7.73. The zero-order chi connectivity index (χ0) is 22.7. The van der Waals surface area contributed by atoms with E-state index in [4.69, 9.17) is 4.74 Å². The highest BCUT2D eigenvalue weighted by Gasteiger charge is 2.26. The molecule has 1 heterocycles. The Morgan fingerprint density at radius 1 is 1.19 bits per heavy atom. The summed E-state index contributed by atoms with van der Waals surface area (Å²) in [5, 5.41) is 17.0. The molecule has 2 aliphatic rings. The van der Waals surface area contributed by atoms with Crippen LogP contribution in [0.25, 0.3) is 0 Å².